The molecule has 0 aliphatic heterocycles. The molecule has 2 atom stereocenters. The van der Waals surface area contributed by atoms with E-state index >= 15 is 0 Å². The highest BCUT2D eigenvalue weighted by atomic mass is 35.5. The van der Waals surface area contributed by atoms with Crippen LogP contribution in [0.4, 0.5) is 14.9 Å². The number of anilines is 1. The monoisotopic (exact) mass is 274 g/mol. The fourth-order valence-corrected chi connectivity index (χ4v) is 1.43. The number of hydrogen-bond acceptors (Lipinski definition) is 2. The quantitative estimate of drug-likeness (QED) is 0.790. The lowest BCUT2D eigenvalue weighted by molar-refractivity contribution is 0.204. The minimum absolute atomic E-state index is 0.0175. The van der Waals surface area contributed by atoms with E-state index in [0.717, 1.165) is 0 Å². The number of benzene rings is 1. The van der Waals surface area contributed by atoms with Gasteiger partial charge in [0.1, 0.15) is 5.82 Å². The van der Waals surface area contributed by atoms with Crippen LogP contribution >= 0.6 is 11.6 Å². The molecular formula is C12H16ClFN2O2. The Morgan fingerprint density at radius 1 is 1.50 bits per heavy atom. The molecule has 0 radical (unpaired) electrons. The van der Waals surface area contributed by atoms with Gasteiger partial charge in [-0.1, -0.05) is 18.5 Å². The van der Waals surface area contributed by atoms with Gasteiger partial charge >= 0.3 is 6.03 Å². The lowest BCUT2D eigenvalue weighted by Crippen LogP contribution is -2.40. The lowest BCUT2D eigenvalue weighted by atomic mass is 10.1. The molecule has 0 saturated heterocycles. The second-order valence-corrected chi connectivity index (χ2v) is 4.61. The highest BCUT2D eigenvalue weighted by Gasteiger charge is 2.14. The number of hydrogen-bond donors (Lipinski definition) is 3. The van der Waals surface area contributed by atoms with Crippen molar-refractivity contribution in [2.75, 3.05) is 11.9 Å². The fraction of sp³-hybridized carbons (Fsp3) is 0.417. The van der Waals surface area contributed by atoms with Crippen LogP contribution in [0.5, 0.6) is 0 Å². The molecule has 0 aliphatic carbocycles. The van der Waals surface area contributed by atoms with Crippen LogP contribution in [0.15, 0.2) is 18.2 Å². The third kappa shape index (κ3) is 4.16. The van der Waals surface area contributed by atoms with Gasteiger partial charge in [0, 0.05) is 17.7 Å². The van der Waals surface area contributed by atoms with Crippen molar-refractivity contribution in [3.8, 4) is 0 Å². The van der Waals surface area contributed by atoms with Crippen molar-refractivity contribution < 1.29 is 14.3 Å². The number of carbonyl (C=O) groups excluding carboxylic acids is 1. The van der Waals surface area contributed by atoms with E-state index in [4.69, 9.17) is 16.7 Å². The van der Waals surface area contributed by atoms with Crippen LogP contribution in [-0.2, 0) is 0 Å². The van der Waals surface area contributed by atoms with Gasteiger partial charge in [-0.3, -0.25) is 0 Å². The Morgan fingerprint density at radius 2 is 2.17 bits per heavy atom. The minimum Gasteiger partial charge on any atom is -0.396 e. The van der Waals surface area contributed by atoms with Gasteiger partial charge in [-0.05, 0) is 31.0 Å². The maximum atomic E-state index is 13.4. The molecule has 0 aliphatic rings. The molecule has 0 bridgehead atoms. The number of nitrogens with one attached hydrogen (secondary N) is 2. The fourth-order valence-electron chi connectivity index (χ4n) is 1.26. The van der Waals surface area contributed by atoms with Crippen LogP contribution in [0.3, 0.4) is 0 Å². The first-order valence-corrected chi connectivity index (χ1v) is 5.95. The van der Waals surface area contributed by atoms with Crippen LogP contribution < -0.4 is 10.6 Å². The van der Waals surface area contributed by atoms with Crippen LogP contribution in [0, 0.1) is 11.7 Å². The second-order valence-electron chi connectivity index (χ2n) is 4.17. The van der Waals surface area contributed by atoms with E-state index in [1.54, 1.807) is 13.8 Å². The molecule has 0 saturated carbocycles. The molecule has 1 aromatic carbocycles. The van der Waals surface area contributed by atoms with E-state index in [-0.39, 0.29) is 24.3 Å². The molecule has 100 valence electrons. The molecule has 1 aromatic rings. The minimum atomic E-state index is -0.558. The Kier molecular flexibility index (Phi) is 5.37. The third-order valence-corrected chi connectivity index (χ3v) is 2.91. The van der Waals surface area contributed by atoms with Gasteiger partial charge in [0.05, 0.1) is 5.69 Å². The van der Waals surface area contributed by atoms with Crippen LogP contribution in [0.25, 0.3) is 0 Å². The van der Waals surface area contributed by atoms with Crippen molar-refractivity contribution in [3.05, 3.63) is 29.0 Å². The number of rotatable bonds is 4. The Hall–Kier alpha value is -1.33. The van der Waals surface area contributed by atoms with Gasteiger partial charge in [-0.25, -0.2) is 9.18 Å². The van der Waals surface area contributed by atoms with Gasteiger partial charge in [0.25, 0.3) is 0 Å². The van der Waals surface area contributed by atoms with Crippen LogP contribution in [0.1, 0.15) is 13.8 Å². The first-order valence-electron chi connectivity index (χ1n) is 5.57. The highest BCUT2D eigenvalue weighted by Crippen LogP contribution is 2.19. The summed E-state index contributed by atoms with van der Waals surface area (Å²) in [6.45, 7) is 3.52. The molecule has 4 nitrogen and oxygen atoms in total. The molecule has 0 spiro atoms. The highest BCUT2D eigenvalue weighted by molar-refractivity contribution is 6.30. The van der Waals surface area contributed by atoms with E-state index in [9.17, 15) is 9.18 Å². The van der Waals surface area contributed by atoms with E-state index in [1.807, 2.05) is 0 Å². The number of urea groups is 1. The first kappa shape index (κ1) is 14.7. The number of aliphatic hydroxyl groups is 1. The molecule has 0 heterocycles. The summed E-state index contributed by atoms with van der Waals surface area (Å²) in [5.41, 5.74) is 0.0175. The maximum absolute atomic E-state index is 13.4. The zero-order valence-electron chi connectivity index (χ0n) is 10.2. The maximum Gasteiger partial charge on any atom is 0.319 e. The van der Waals surface area contributed by atoms with Crippen molar-refractivity contribution in [1.82, 2.24) is 5.32 Å². The summed E-state index contributed by atoms with van der Waals surface area (Å²) in [4.78, 5) is 11.6. The van der Waals surface area contributed by atoms with Gasteiger partial charge in [-0.15, -0.1) is 0 Å². The molecule has 18 heavy (non-hydrogen) atoms. The molecule has 3 N–H and O–H groups in total. The largest absolute Gasteiger partial charge is 0.396 e. The molecule has 6 heteroatoms. The van der Waals surface area contributed by atoms with Crippen molar-refractivity contribution in [2.24, 2.45) is 5.92 Å². The molecular weight excluding hydrogens is 259 g/mol. The Morgan fingerprint density at radius 3 is 2.78 bits per heavy atom. The molecule has 2 amide bonds. The second kappa shape index (κ2) is 6.56. The van der Waals surface area contributed by atoms with Crippen molar-refractivity contribution >= 4 is 23.3 Å². The van der Waals surface area contributed by atoms with Gasteiger partial charge in [-0.2, -0.15) is 0 Å². The molecule has 0 aromatic heterocycles. The van der Waals surface area contributed by atoms with Crippen molar-refractivity contribution in [1.29, 1.82) is 0 Å². The summed E-state index contributed by atoms with van der Waals surface area (Å²) in [5.74, 6) is -0.641. The van der Waals surface area contributed by atoms with Crippen LogP contribution in [0.2, 0.25) is 5.02 Å². The van der Waals surface area contributed by atoms with E-state index in [0.29, 0.717) is 5.02 Å². The zero-order valence-corrected chi connectivity index (χ0v) is 11.0. The summed E-state index contributed by atoms with van der Waals surface area (Å²) in [6.07, 6.45) is 0. The summed E-state index contributed by atoms with van der Waals surface area (Å²) in [5, 5.41) is 14.3. The summed E-state index contributed by atoms with van der Waals surface area (Å²) in [6, 6.07) is 3.14. The Balaban J connectivity index is 2.62. The smallest absolute Gasteiger partial charge is 0.319 e. The van der Waals surface area contributed by atoms with Crippen molar-refractivity contribution in [3.63, 3.8) is 0 Å². The summed E-state index contributed by atoms with van der Waals surface area (Å²) >= 11 is 5.71. The first-order chi connectivity index (χ1) is 8.43. The Labute approximate surface area is 110 Å². The SMILES string of the molecule is CC(CO)C(C)NC(=O)Nc1cc(Cl)ccc1F. The van der Waals surface area contributed by atoms with E-state index < -0.39 is 11.8 Å². The number of carbonyl (C=O) groups is 1. The molecule has 2 unspecified atom stereocenters. The molecule has 0 fully saturated rings. The number of amides is 2. The third-order valence-electron chi connectivity index (χ3n) is 2.68. The van der Waals surface area contributed by atoms with Crippen molar-refractivity contribution in [2.45, 2.75) is 19.9 Å². The van der Waals surface area contributed by atoms with Crippen LogP contribution in [-0.4, -0.2) is 23.8 Å². The van der Waals surface area contributed by atoms with E-state index in [1.165, 1.54) is 18.2 Å². The topological polar surface area (TPSA) is 61.4 Å². The number of halogens is 2. The lowest BCUT2D eigenvalue weighted by Gasteiger charge is -2.19. The zero-order chi connectivity index (χ0) is 13.7. The van der Waals surface area contributed by atoms with Gasteiger partial charge in [0.15, 0.2) is 0 Å². The normalized spacial score (nSPS) is 13.8. The average molecular weight is 275 g/mol. The van der Waals surface area contributed by atoms with Gasteiger partial charge in [0.2, 0.25) is 0 Å². The predicted molar refractivity (Wildman–Crippen MR) is 69.3 cm³/mol. The molecule has 1 rings (SSSR count). The summed E-state index contributed by atoms with van der Waals surface area (Å²) < 4.78 is 13.4. The summed E-state index contributed by atoms with van der Waals surface area (Å²) in [7, 11) is 0. The number of aliphatic hydroxyl groups excluding tert-OH is 1. The van der Waals surface area contributed by atoms with E-state index in [2.05, 4.69) is 10.6 Å². The predicted octanol–water partition coefficient (Wildman–Crippen LogP) is 2.62. The standard InChI is InChI=1S/C12H16ClFN2O2/c1-7(6-17)8(2)15-12(18)16-11-5-9(13)3-4-10(11)14/h3-5,7-8,17H,6H2,1-2H3,(H2,15,16,18). The van der Waals surface area contributed by atoms with Gasteiger partial charge < -0.3 is 15.7 Å². The Bertz CT molecular complexity index is 429. The average Bonchev–Trinajstić information content (AvgIpc) is 2.32.